The monoisotopic (exact) mass is 460 g/mol. The second-order valence-corrected chi connectivity index (χ2v) is 8.39. The number of carbonyl (C=O) groups is 1. The fourth-order valence-electron chi connectivity index (χ4n) is 3.80. The highest BCUT2D eigenvalue weighted by molar-refractivity contribution is 6.04. The molecular weight excluding hydrogens is 436 g/mol. The minimum atomic E-state index is -0.167. The molecule has 0 spiro atoms. The molecule has 2 aromatic carbocycles. The summed E-state index contributed by atoms with van der Waals surface area (Å²) in [4.78, 5) is 17.4. The van der Waals surface area contributed by atoms with Crippen LogP contribution in [0, 0.1) is 25.7 Å². The van der Waals surface area contributed by atoms with Crippen molar-refractivity contribution in [2.24, 2.45) is 7.05 Å². The van der Waals surface area contributed by atoms with Crippen LogP contribution in [-0.4, -0.2) is 25.1 Å². The summed E-state index contributed by atoms with van der Waals surface area (Å²) in [5.41, 5.74) is 7.47. The van der Waals surface area contributed by atoms with Crippen molar-refractivity contribution in [2.75, 3.05) is 10.6 Å². The van der Waals surface area contributed by atoms with Gasteiger partial charge in [0.1, 0.15) is 5.69 Å². The highest BCUT2D eigenvalue weighted by atomic mass is 16.1. The predicted octanol–water partition coefficient (Wildman–Crippen LogP) is 5.08. The molecule has 0 atom stereocenters. The summed E-state index contributed by atoms with van der Waals surface area (Å²) >= 11 is 0. The second kappa shape index (κ2) is 9.20. The third-order valence-electron chi connectivity index (χ3n) is 5.62. The Bertz CT molecular complexity index is 1620. The summed E-state index contributed by atoms with van der Waals surface area (Å²) < 4.78 is 3.68. The minimum Gasteiger partial charge on any atom is -0.350 e. The van der Waals surface area contributed by atoms with Gasteiger partial charge in [-0.1, -0.05) is 24.1 Å². The largest absolute Gasteiger partial charge is 0.350 e. The smallest absolute Gasteiger partial charge is 0.255 e. The normalized spacial score (nSPS) is 10.6. The van der Waals surface area contributed by atoms with Crippen LogP contribution in [0.3, 0.4) is 0 Å². The van der Waals surface area contributed by atoms with E-state index in [0.29, 0.717) is 5.56 Å². The van der Waals surface area contributed by atoms with Crippen molar-refractivity contribution in [2.45, 2.75) is 13.8 Å². The summed E-state index contributed by atoms with van der Waals surface area (Å²) in [6, 6.07) is 17.2. The number of imidazole rings is 1. The van der Waals surface area contributed by atoms with Gasteiger partial charge in [0.05, 0.1) is 23.8 Å². The van der Waals surface area contributed by atoms with E-state index in [1.807, 2.05) is 92.3 Å². The number of hydrogen-bond donors (Lipinski definition) is 2. The molecule has 2 N–H and O–H groups in total. The number of fused-ring (bicyclic) bond motifs is 1. The molecular formula is C28H24N6O. The maximum atomic E-state index is 12.8. The zero-order valence-corrected chi connectivity index (χ0v) is 19.7. The molecule has 7 nitrogen and oxygen atoms in total. The Morgan fingerprint density at radius 3 is 2.66 bits per heavy atom. The number of nitrogens with one attached hydrogen (secondary N) is 2. The Labute approximate surface area is 203 Å². The molecule has 0 saturated carbocycles. The van der Waals surface area contributed by atoms with E-state index in [1.54, 1.807) is 17.1 Å². The number of anilines is 3. The molecule has 7 heteroatoms. The summed E-state index contributed by atoms with van der Waals surface area (Å²) in [6.45, 7) is 3.98. The van der Waals surface area contributed by atoms with E-state index in [0.717, 1.165) is 45.1 Å². The summed E-state index contributed by atoms with van der Waals surface area (Å²) in [6.07, 6.45) is 7.34. The maximum Gasteiger partial charge on any atom is 0.255 e. The molecule has 0 saturated heterocycles. The lowest BCUT2D eigenvalue weighted by Crippen LogP contribution is -2.12. The first-order chi connectivity index (χ1) is 17.0. The van der Waals surface area contributed by atoms with E-state index < -0.39 is 0 Å². The minimum absolute atomic E-state index is 0.167. The third-order valence-corrected chi connectivity index (χ3v) is 5.62. The molecule has 3 heterocycles. The average molecular weight is 461 g/mol. The molecule has 0 radical (unpaired) electrons. The van der Waals surface area contributed by atoms with Crippen LogP contribution in [0.1, 0.15) is 32.7 Å². The average Bonchev–Trinajstić information content (AvgIpc) is 3.45. The van der Waals surface area contributed by atoms with Gasteiger partial charge in [-0.2, -0.15) is 5.10 Å². The molecule has 0 bridgehead atoms. The second-order valence-electron chi connectivity index (χ2n) is 8.39. The number of rotatable bonds is 4. The van der Waals surface area contributed by atoms with Crippen molar-refractivity contribution in [3.8, 4) is 11.8 Å². The molecule has 0 fully saturated rings. The van der Waals surface area contributed by atoms with E-state index in [4.69, 9.17) is 0 Å². The number of benzene rings is 2. The summed E-state index contributed by atoms with van der Waals surface area (Å²) in [7, 11) is 1.87. The van der Waals surface area contributed by atoms with Crippen LogP contribution in [0.25, 0.3) is 5.65 Å². The number of aromatic nitrogens is 4. The Hall–Kier alpha value is -4.83. The molecule has 5 aromatic rings. The first kappa shape index (κ1) is 22.0. The van der Waals surface area contributed by atoms with Gasteiger partial charge in [0.15, 0.2) is 5.65 Å². The number of amides is 1. The van der Waals surface area contributed by atoms with Gasteiger partial charge in [-0.05, 0) is 67.3 Å². The molecule has 35 heavy (non-hydrogen) atoms. The Morgan fingerprint density at radius 1 is 0.971 bits per heavy atom. The fraction of sp³-hybridized carbons (Fsp3) is 0.107. The van der Waals surface area contributed by atoms with Crippen molar-refractivity contribution >= 4 is 28.6 Å². The van der Waals surface area contributed by atoms with Gasteiger partial charge < -0.3 is 10.6 Å². The molecule has 172 valence electrons. The number of pyridine rings is 1. The molecule has 0 aliphatic heterocycles. The quantitative estimate of drug-likeness (QED) is 0.367. The van der Waals surface area contributed by atoms with Crippen LogP contribution in [0.2, 0.25) is 0 Å². The van der Waals surface area contributed by atoms with Crippen LogP contribution in [0.4, 0.5) is 17.1 Å². The van der Waals surface area contributed by atoms with E-state index >= 15 is 0 Å². The molecule has 5 rings (SSSR count). The highest BCUT2D eigenvalue weighted by Crippen LogP contribution is 2.21. The number of hydrogen-bond acceptors (Lipinski definition) is 4. The van der Waals surface area contributed by atoms with Crippen molar-refractivity contribution in [1.29, 1.82) is 0 Å². The van der Waals surface area contributed by atoms with Gasteiger partial charge in [0.25, 0.3) is 5.91 Å². The summed E-state index contributed by atoms with van der Waals surface area (Å²) in [5.74, 6) is 6.27. The van der Waals surface area contributed by atoms with E-state index in [9.17, 15) is 4.79 Å². The topological polar surface area (TPSA) is 76.2 Å². The maximum absolute atomic E-state index is 12.8. The Balaban J connectivity index is 1.41. The van der Waals surface area contributed by atoms with E-state index in [-0.39, 0.29) is 5.91 Å². The molecule has 0 unspecified atom stereocenters. The zero-order valence-electron chi connectivity index (χ0n) is 19.7. The number of aryl methyl sites for hydroxylation is 3. The van der Waals surface area contributed by atoms with Crippen molar-refractivity contribution < 1.29 is 4.79 Å². The lowest BCUT2D eigenvalue weighted by molar-refractivity contribution is 0.102. The fourth-order valence-corrected chi connectivity index (χ4v) is 3.80. The van der Waals surface area contributed by atoms with Gasteiger partial charge >= 0.3 is 0 Å². The molecule has 1 amide bonds. The van der Waals surface area contributed by atoms with Crippen LogP contribution < -0.4 is 10.6 Å². The highest BCUT2D eigenvalue weighted by Gasteiger charge is 2.10. The standard InChI is InChI=1S/C28H24N6O/c1-19-6-4-7-23(14-19)32-28(35)22-10-9-20(2)21(15-22)11-12-25-17-29-27-26(8-5-13-34(25)27)31-24-16-30-33(3)18-24/h4-10,13-18,31H,1-3H3,(H,32,35). The van der Waals surface area contributed by atoms with Gasteiger partial charge in [0, 0.05) is 36.3 Å². The van der Waals surface area contributed by atoms with Gasteiger partial charge in [-0.15, -0.1) is 0 Å². The van der Waals surface area contributed by atoms with Crippen LogP contribution in [0.5, 0.6) is 0 Å². The third kappa shape index (κ3) is 4.77. The summed E-state index contributed by atoms with van der Waals surface area (Å²) in [5, 5.41) is 10.5. The first-order valence-corrected chi connectivity index (χ1v) is 11.2. The lowest BCUT2D eigenvalue weighted by atomic mass is 10.0. The van der Waals surface area contributed by atoms with Crippen molar-refractivity contribution in [3.63, 3.8) is 0 Å². The molecule has 3 aromatic heterocycles. The first-order valence-electron chi connectivity index (χ1n) is 11.2. The predicted molar refractivity (Wildman–Crippen MR) is 138 cm³/mol. The number of nitrogens with zero attached hydrogens (tertiary/aromatic N) is 4. The van der Waals surface area contributed by atoms with Crippen LogP contribution in [0.15, 0.2) is 79.4 Å². The molecule has 0 aliphatic rings. The Morgan fingerprint density at radius 2 is 1.86 bits per heavy atom. The van der Waals surface area contributed by atoms with Gasteiger partial charge in [0.2, 0.25) is 0 Å². The SMILES string of the molecule is Cc1cccc(NC(=O)c2ccc(C)c(C#Cc3cnc4c(Nc5cnn(C)c5)cccn34)c2)c1. The van der Waals surface area contributed by atoms with Crippen LogP contribution >= 0.6 is 0 Å². The van der Waals surface area contributed by atoms with Crippen molar-refractivity contribution in [3.05, 3.63) is 107 Å². The van der Waals surface area contributed by atoms with E-state index in [2.05, 4.69) is 32.6 Å². The van der Waals surface area contributed by atoms with Crippen molar-refractivity contribution in [1.82, 2.24) is 19.2 Å². The Kier molecular flexibility index (Phi) is 5.78. The van der Waals surface area contributed by atoms with E-state index in [1.165, 1.54) is 0 Å². The zero-order chi connectivity index (χ0) is 24.4. The molecule has 0 aliphatic carbocycles. The lowest BCUT2D eigenvalue weighted by Gasteiger charge is -2.07. The van der Waals surface area contributed by atoms with Gasteiger partial charge in [-0.25, -0.2) is 4.98 Å². The van der Waals surface area contributed by atoms with Crippen LogP contribution in [-0.2, 0) is 7.05 Å². The number of carbonyl (C=O) groups excluding carboxylic acids is 1. The van der Waals surface area contributed by atoms with Gasteiger partial charge in [-0.3, -0.25) is 13.9 Å².